The molecule has 0 fully saturated rings. The Labute approximate surface area is 120 Å². The van der Waals surface area contributed by atoms with Crippen molar-refractivity contribution in [3.8, 4) is 0 Å². The van der Waals surface area contributed by atoms with Crippen molar-refractivity contribution in [2.24, 2.45) is 0 Å². The molecule has 0 heterocycles. The van der Waals surface area contributed by atoms with Gasteiger partial charge in [0.15, 0.2) is 9.84 Å². The Morgan fingerprint density at radius 1 is 1.05 bits per heavy atom. The molecule has 2 rings (SSSR count). The fourth-order valence-corrected chi connectivity index (χ4v) is 3.95. The summed E-state index contributed by atoms with van der Waals surface area (Å²) in [4.78, 5) is 0.318. The molecule has 2 aromatic rings. The van der Waals surface area contributed by atoms with Crippen molar-refractivity contribution in [2.75, 3.05) is 5.73 Å². The molecule has 0 unspecified atom stereocenters. The van der Waals surface area contributed by atoms with E-state index in [2.05, 4.69) is 0 Å². The third-order valence-electron chi connectivity index (χ3n) is 3.51. The third kappa shape index (κ3) is 2.85. The Kier molecular flexibility index (Phi) is 3.86. The Morgan fingerprint density at radius 2 is 1.75 bits per heavy atom. The molecule has 0 atom stereocenters. The molecule has 106 valence electrons. The predicted molar refractivity (Wildman–Crippen MR) is 82.4 cm³/mol. The third-order valence-corrected chi connectivity index (χ3v) is 5.31. The van der Waals surface area contributed by atoms with E-state index < -0.39 is 9.84 Å². The van der Waals surface area contributed by atoms with Crippen LogP contribution in [0.5, 0.6) is 0 Å². The molecule has 0 saturated heterocycles. The molecule has 20 heavy (non-hydrogen) atoms. The van der Waals surface area contributed by atoms with E-state index in [0.717, 1.165) is 16.7 Å². The minimum atomic E-state index is -3.39. The SMILES string of the molecule is Cc1ccc(C)c(CS(=O)(=O)c2cccc(N)c2C)c1. The lowest BCUT2D eigenvalue weighted by molar-refractivity contribution is 0.594. The largest absolute Gasteiger partial charge is 0.398 e. The van der Waals surface area contributed by atoms with Crippen LogP contribution < -0.4 is 5.73 Å². The Bertz CT molecular complexity index is 749. The average molecular weight is 289 g/mol. The van der Waals surface area contributed by atoms with Gasteiger partial charge in [0.25, 0.3) is 0 Å². The highest BCUT2D eigenvalue weighted by molar-refractivity contribution is 7.90. The van der Waals surface area contributed by atoms with Crippen LogP contribution in [-0.2, 0) is 15.6 Å². The minimum Gasteiger partial charge on any atom is -0.398 e. The van der Waals surface area contributed by atoms with Gasteiger partial charge in [0.2, 0.25) is 0 Å². The van der Waals surface area contributed by atoms with E-state index in [0.29, 0.717) is 16.1 Å². The van der Waals surface area contributed by atoms with E-state index in [4.69, 9.17) is 5.73 Å². The van der Waals surface area contributed by atoms with Crippen LogP contribution in [0.3, 0.4) is 0 Å². The van der Waals surface area contributed by atoms with E-state index in [1.54, 1.807) is 25.1 Å². The smallest absolute Gasteiger partial charge is 0.182 e. The molecule has 0 aromatic heterocycles. The fourth-order valence-electron chi connectivity index (χ4n) is 2.21. The lowest BCUT2D eigenvalue weighted by atomic mass is 10.1. The monoisotopic (exact) mass is 289 g/mol. The molecular weight excluding hydrogens is 270 g/mol. The molecule has 0 saturated carbocycles. The molecule has 4 heteroatoms. The summed E-state index contributed by atoms with van der Waals surface area (Å²) in [7, 11) is -3.39. The minimum absolute atomic E-state index is 0.00477. The fraction of sp³-hybridized carbons (Fsp3) is 0.250. The molecule has 0 aliphatic carbocycles. The summed E-state index contributed by atoms with van der Waals surface area (Å²) in [6.07, 6.45) is 0. The van der Waals surface area contributed by atoms with Gasteiger partial charge in [-0.15, -0.1) is 0 Å². The van der Waals surface area contributed by atoms with Gasteiger partial charge in [0.05, 0.1) is 10.6 Å². The second-order valence-corrected chi connectivity index (χ2v) is 7.12. The van der Waals surface area contributed by atoms with Crippen molar-refractivity contribution in [1.82, 2.24) is 0 Å². The van der Waals surface area contributed by atoms with E-state index in [-0.39, 0.29) is 5.75 Å². The Hall–Kier alpha value is -1.81. The first-order valence-electron chi connectivity index (χ1n) is 6.45. The summed E-state index contributed by atoms with van der Waals surface area (Å²) in [5.41, 5.74) is 9.82. The number of sulfone groups is 1. The summed E-state index contributed by atoms with van der Waals surface area (Å²) in [5, 5.41) is 0. The van der Waals surface area contributed by atoms with Crippen molar-refractivity contribution >= 4 is 15.5 Å². The summed E-state index contributed by atoms with van der Waals surface area (Å²) in [5.74, 6) is 0.00477. The van der Waals surface area contributed by atoms with Gasteiger partial charge in [-0.2, -0.15) is 0 Å². The zero-order valence-corrected chi connectivity index (χ0v) is 12.8. The van der Waals surface area contributed by atoms with Gasteiger partial charge >= 0.3 is 0 Å². The number of benzene rings is 2. The topological polar surface area (TPSA) is 60.2 Å². The average Bonchev–Trinajstić information content (AvgIpc) is 2.36. The molecule has 0 amide bonds. The van der Waals surface area contributed by atoms with Crippen LogP contribution in [0.15, 0.2) is 41.3 Å². The van der Waals surface area contributed by atoms with Crippen LogP contribution >= 0.6 is 0 Å². The summed E-state index contributed by atoms with van der Waals surface area (Å²) >= 11 is 0. The van der Waals surface area contributed by atoms with Crippen molar-refractivity contribution < 1.29 is 8.42 Å². The number of nitrogens with two attached hydrogens (primary N) is 1. The summed E-state index contributed by atoms with van der Waals surface area (Å²) in [6, 6.07) is 10.9. The van der Waals surface area contributed by atoms with E-state index in [1.807, 2.05) is 32.0 Å². The van der Waals surface area contributed by atoms with Crippen molar-refractivity contribution in [2.45, 2.75) is 31.4 Å². The first kappa shape index (κ1) is 14.6. The number of nitrogen functional groups attached to an aromatic ring is 1. The summed E-state index contributed by atoms with van der Waals surface area (Å²) in [6.45, 7) is 5.63. The molecule has 0 radical (unpaired) electrons. The van der Waals surface area contributed by atoms with E-state index in [9.17, 15) is 8.42 Å². The van der Waals surface area contributed by atoms with Gasteiger partial charge in [-0.1, -0.05) is 29.8 Å². The van der Waals surface area contributed by atoms with Crippen LogP contribution in [0.1, 0.15) is 22.3 Å². The van der Waals surface area contributed by atoms with Crippen molar-refractivity contribution in [3.05, 3.63) is 58.7 Å². The van der Waals surface area contributed by atoms with Crippen LogP contribution in [0.4, 0.5) is 5.69 Å². The van der Waals surface area contributed by atoms with Crippen LogP contribution in [0.25, 0.3) is 0 Å². The standard InChI is InChI=1S/C16H19NO2S/c1-11-7-8-12(2)14(9-11)10-20(18,19)16-6-4-5-15(17)13(16)3/h4-9H,10,17H2,1-3H3. The van der Waals surface area contributed by atoms with Gasteiger partial charge < -0.3 is 5.73 Å². The second-order valence-electron chi connectivity index (χ2n) is 5.16. The number of rotatable bonds is 3. The van der Waals surface area contributed by atoms with Crippen molar-refractivity contribution in [1.29, 1.82) is 0 Å². The van der Waals surface area contributed by atoms with Gasteiger partial charge in [-0.25, -0.2) is 8.42 Å². The van der Waals surface area contributed by atoms with E-state index >= 15 is 0 Å². The molecular formula is C16H19NO2S. The molecule has 3 nitrogen and oxygen atoms in total. The second kappa shape index (κ2) is 5.29. The maximum absolute atomic E-state index is 12.6. The zero-order chi connectivity index (χ0) is 14.9. The van der Waals surface area contributed by atoms with Crippen LogP contribution in [-0.4, -0.2) is 8.42 Å². The van der Waals surface area contributed by atoms with Gasteiger partial charge in [0, 0.05) is 5.69 Å². The lowest BCUT2D eigenvalue weighted by Gasteiger charge is -2.11. The Morgan fingerprint density at radius 3 is 2.45 bits per heavy atom. The predicted octanol–water partition coefficient (Wildman–Crippen LogP) is 3.17. The molecule has 0 spiro atoms. The Balaban J connectivity index is 2.46. The number of hydrogen-bond donors (Lipinski definition) is 1. The lowest BCUT2D eigenvalue weighted by Crippen LogP contribution is -2.09. The van der Waals surface area contributed by atoms with Crippen molar-refractivity contribution in [3.63, 3.8) is 0 Å². The highest BCUT2D eigenvalue weighted by atomic mass is 32.2. The number of hydrogen-bond acceptors (Lipinski definition) is 3. The van der Waals surface area contributed by atoms with Gasteiger partial charge in [0.1, 0.15) is 0 Å². The normalized spacial score (nSPS) is 11.6. The van der Waals surface area contributed by atoms with Gasteiger partial charge in [-0.3, -0.25) is 0 Å². The van der Waals surface area contributed by atoms with Crippen LogP contribution in [0.2, 0.25) is 0 Å². The molecule has 0 aliphatic rings. The molecule has 2 N–H and O–H groups in total. The molecule has 0 aliphatic heterocycles. The number of anilines is 1. The summed E-state index contributed by atoms with van der Waals surface area (Å²) < 4.78 is 25.2. The zero-order valence-electron chi connectivity index (χ0n) is 12.0. The maximum Gasteiger partial charge on any atom is 0.182 e. The number of aryl methyl sites for hydroxylation is 2. The highest BCUT2D eigenvalue weighted by Crippen LogP contribution is 2.25. The van der Waals surface area contributed by atoms with E-state index in [1.165, 1.54) is 0 Å². The van der Waals surface area contributed by atoms with Gasteiger partial charge in [-0.05, 0) is 49.6 Å². The van der Waals surface area contributed by atoms with Crippen LogP contribution in [0, 0.1) is 20.8 Å². The quantitative estimate of drug-likeness (QED) is 0.883. The first-order valence-corrected chi connectivity index (χ1v) is 8.10. The maximum atomic E-state index is 12.6. The first-order chi connectivity index (χ1) is 9.31. The highest BCUT2D eigenvalue weighted by Gasteiger charge is 2.19. The molecule has 0 bridgehead atoms. The molecule has 2 aromatic carbocycles.